The average molecular weight is 723 g/mol. The van der Waals surface area contributed by atoms with Crippen LogP contribution in [0.4, 0.5) is 48.1 Å². The number of ether oxygens (including phenoxy) is 1. The number of hydrogen-bond donors (Lipinski definition) is 3. The standard InChI is InChI=1S/C30H27Cl2F7N6O3/c1-29(2,3)27(47)40-11-14-4-9-18(31)23(22(14)32)43-28-42-19-10-17(25(46)41-16-7-5-15(6-8-16)30(37,38)39)26(48-13-21(35)36)44-24(19)45(28)12-20(33)34/h4-10,20-21H,11-13H2,1-3H3,(H,40,47)(H,41,46)(H,42,43). The fourth-order valence-corrected chi connectivity index (χ4v) is 4.73. The van der Waals surface area contributed by atoms with Crippen molar-refractivity contribution in [3.05, 3.63) is 69.2 Å². The average Bonchev–Trinajstić information content (AvgIpc) is 3.31. The molecule has 3 N–H and O–H groups in total. The number of halogens is 9. The molecule has 0 aliphatic heterocycles. The molecule has 18 heteroatoms. The van der Waals surface area contributed by atoms with Crippen molar-refractivity contribution in [2.75, 3.05) is 17.2 Å². The zero-order chi connectivity index (χ0) is 35.6. The maximum atomic E-state index is 13.8. The van der Waals surface area contributed by atoms with Crippen molar-refractivity contribution in [2.24, 2.45) is 5.41 Å². The SMILES string of the molecule is CC(C)(C)C(=O)NCc1ccc(Cl)c(Nc2nc3cc(C(=O)Nc4ccc(C(F)(F)F)cc4)c(OCC(F)F)nc3n2CC(F)F)c1Cl. The Morgan fingerprint density at radius 1 is 0.958 bits per heavy atom. The van der Waals surface area contributed by atoms with Gasteiger partial charge in [0.25, 0.3) is 18.8 Å². The Kier molecular flexibility index (Phi) is 11.0. The zero-order valence-electron chi connectivity index (χ0n) is 25.3. The normalized spacial score (nSPS) is 12.1. The van der Waals surface area contributed by atoms with Gasteiger partial charge in [0, 0.05) is 17.6 Å². The summed E-state index contributed by atoms with van der Waals surface area (Å²) in [5.74, 6) is -2.25. The lowest BCUT2D eigenvalue weighted by molar-refractivity contribution is -0.137. The first-order valence-corrected chi connectivity index (χ1v) is 14.7. The molecule has 2 heterocycles. The molecule has 9 nitrogen and oxygen atoms in total. The first-order valence-electron chi connectivity index (χ1n) is 14.0. The van der Waals surface area contributed by atoms with Crippen molar-refractivity contribution >= 4 is 63.5 Å². The maximum Gasteiger partial charge on any atom is 0.416 e. The van der Waals surface area contributed by atoms with E-state index in [1.54, 1.807) is 26.8 Å². The Morgan fingerprint density at radius 3 is 2.21 bits per heavy atom. The first-order chi connectivity index (χ1) is 22.3. The molecule has 48 heavy (non-hydrogen) atoms. The van der Waals surface area contributed by atoms with Gasteiger partial charge in [0.2, 0.25) is 17.7 Å². The third kappa shape index (κ3) is 8.78. The summed E-state index contributed by atoms with van der Waals surface area (Å²) in [7, 11) is 0. The summed E-state index contributed by atoms with van der Waals surface area (Å²) in [6, 6.07) is 7.43. The van der Waals surface area contributed by atoms with E-state index in [9.17, 15) is 40.3 Å². The lowest BCUT2D eigenvalue weighted by Gasteiger charge is -2.19. The molecule has 0 saturated heterocycles. The van der Waals surface area contributed by atoms with Crippen LogP contribution < -0.4 is 20.7 Å². The second kappa shape index (κ2) is 14.4. The summed E-state index contributed by atoms with van der Waals surface area (Å²) in [6.07, 6.45) is -10.6. The Labute approximate surface area is 278 Å². The highest BCUT2D eigenvalue weighted by molar-refractivity contribution is 6.39. The van der Waals surface area contributed by atoms with Gasteiger partial charge in [-0.15, -0.1) is 0 Å². The van der Waals surface area contributed by atoms with E-state index >= 15 is 0 Å². The molecule has 2 aromatic heterocycles. The van der Waals surface area contributed by atoms with Gasteiger partial charge in [-0.1, -0.05) is 50.0 Å². The second-order valence-corrected chi connectivity index (χ2v) is 12.1. The van der Waals surface area contributed by atoms with E-state index in [-0.39, 0.29) is 51.0 Å². The monoisotopic (exact) mass is 722 g/mol. The number of rotatable bonds is 11. The van der Waals surface area contributed by atoms with Gasteiger partial charge in [0.1, 0.15) is 11.1 Å². The first kappa shape index (κ1) is 36.5. The van der Waals surface area contributed by atoms with Gasteiger partial charge in [-0.2, -0.15) is 18.2 Å². The molecule has 0 saturated carbocycles. The van der Waals surface area contributed by atoms with Gasteiger partial charge in [-0.25, -0.2) is 22.5 Å². The van der Waals surface area contributed by atoms with E-state index in [1.165, 1.54) is 6.07 Å². The molecule has 0 radical (unpaired) electrons. The van der Waals surface area contributed by atoms with E-state index < -0.39 is 60.5 Å². The molecule has 0 aliphatic carbocycles. The fourth-order valence-electron chi connectivity index (χ4n) is 4.19. The van der Waals surface area contributed by atoms with Crippen molar-refractivity contribution in [2.45, 2.75) is 52.9 Å². The van der Waals surface area contributed by atoms with Crippen molar-refractivity contribution in [1.29, 1.82) is 0 Å². The number of nitrogens with one attached hydrogen (secondary N) is 3. The molecule has 0 fully saturated rings. The van der Waals surface area contributed by atoms with E-state index in [0.29, 0.717) is 5.56 Å². The third-order valence-corrected chi connectivity index (χ3v) is 7.34. The number of imidazole rings is 1. The smallest absolute Gasteiger partial charge is 0.416 e. The van der Waals surface area contributed by atoms with E-state index in [0.717, 1.165) is 34.9 Å². The minimum Gasteiger partial charge on any atom is -0.471 e. The second-order valence-electron chi connectivity index (χ2n) is 11.3. The van der Waals surface area contributed by atoms with Crippen LogP contribution in [-0.4, -0.2) is 45.8 Å². The summed E-state index contributed by atoms with van der Waals surface area (Å²) in [5.41, 5.74) is -2.24. The number of fused-ring (bicyclic) bond motifs is 1. The van der Waals surface area contributed by atoms with Gasteiger partial charge in [-0.3, -0.25) is 14.2 Å². The predicted molar refractivity (Wildman–Crippen MR) is 165 cm³/mol. The molecule has 0 unspecified atom stereocenters. The Balaban J connectivity index is 1.75. The molecule has 4 rings (SSSR count). The molecule has 258 valence electrons. The van der Waals surface area contributed by atoms with Crippen LogP contribution in [0.5, 0.6) is 5.88 Å². The van der Waals surface area contributed by atoms with Gasteiger partial charge in [0.05, 0.1) is 27.8 Å². The van der Waals surface area contributed by atoms with Crippen LogP contribution in [0.1, 0.15) is 42.3 Å². The summed E-state index contributed by atoms with van der Waals surface area (Å²) < 4.78 is 98.5. The van der Waals surface area contributed by atoms with Gasteiger partial charge >= 0.3 is 6.18 Å². The van der Waals surface area contributed by atoms with Crippen molar-refractivity contribution in [3.8, 4) is 5.88 Å². The molecule has 0 atom stereocenters. The number of pyridine rings is 1. The van der Waals surface area contributed by atoms with Crippen LogP contribution in [0, 0.1) is 5.41 Å². The Bertz CT molecular complexity index is 1810. The zero-order valence-corrected chi connectivity index (χ0v) is 26.8. The van der Waals surface area contributed by atoms with Gasteiger partial charge in [0.15, 0.2) is 12.3 Å². The number of nitrogens with zero attached hydrogens (tertiary/aromatic N) is 3. The number of amides is 2. The minimum atomic E-state index is -4.63. The van der Waals surface area contributed by atoms with Gasteiger partial charge in [-0.05, 0) is 42.0 Å². The highest BCUT2D eigenvalue weighted by Gasteiger charge is 2.30. The van der Waals surface area contributed by atoms with E-state index in [2.05, 4.69) is 25.9 Å². The largest absolute Gasteiger partial charge is 0.471 e. The van der Waals surface area contributed by atoms with E-state index in [4.69, 9.17) is 27.9 Å². The topological polar surface area (TPSA) is 110 Å². The Morgan fingerprint density at radius 2 is 1.62 bits per heavy atom. The molecule has 0 bridgehead atoms. The number of carbonyl (C=O) groups is 2. The molecular formula is C30H27Cl2F7N6O3. The van der Waals surface area contributed by atoms with Crippen molar-refractivity contribution in [1.82, 2.24) is 19.9 Å². The fraction of sp³-hybridized carbons (Fsp3) is 0.333. The van der Waals surface area contributed by atoms with Crippen molar-refractivity contribution < 1.29 is 45.1 Å². The molecule has 4 aromatic rings. The lowest BCUT2D eigenvalue weighted by atomic mass is 9.95. The van der Waals surface area contributed by atoms with E-state index in [1.807, 2.05) is 0 Å². The number of hydrogen-bond acceptors (Lipinski definition) is 6. The molecule has 0 aliphatic rings. The number of carbonyl (C=O) groups excluding carboxylic acids is 2. The summed E-state index contributed by atoms with van der Waals surface area (Å²) >= 11 is 13.0. The van der Waals surface area contributed by atoms with Crippen LogP contribution in [-0.2, 0) is 24.1 Å². The highest BCUT2D eigenvalue weighted by Crippen LogP contribution is 2.37. The Hall–Kier alpha value is -4.31. The van der Waals surface area contributed by atoms with Crippen LogP contribution >= 0.6 is 23.2 Å². The molecule has 2 amide bonds. The van der Waals surface area contributed by atoms with Crippen LogP contribution in [0.2, 0.25) is 10.0 Å². The summed E-state index contributed by atoms with van der Waals surface area (Å²) in [6.45, 7) is 2.92. The maximum absolute atomic E-state index is 13.8. The molecular weight excluding hydrogens is 696 g/mol. The number of benzene rings is 2. The minimum absolute atomic E-state index is 0.00195. The lowest BCUT2D eigenvalue weighted by Crippen LogP contribution is -2.34. The number of aromatic nitrogens is 3. The van der Waals surface area contributed by atoms with Crippen LogP contribution in [0.3, 0.4) is 0 Å². The van der Waals surface area contributed by atoms with Crippen LogP contribution in [0.25, 0.3) is 11.2 Å². The van der Waals surface area contributed by atoms with Gasteiger partial charge < -0.3 is 20.7 Å². The highest BCUT2D eigenvalue weighted by atomic mass is 35.5. The molecule has 0 spiro atoms. The van der Waals surface area contributed by atoms with Crippen LogP contribution in [0.15, 0.2) is 42.5 Å². The van der Waals surface area contributed by atoms with Crippen molar-refractivity contribution in [3.63, 3.8) is 0 Å². The predicted octanol–water partition coefficient (Wildman–Crippen LogP) is 8.32. The number of anilines is 3. The molecule has 2 aromatic carbocycles. The number of alkyl halides is 7. The summed E-state index contributed by atoms with van der Waals surface area (Å²) in [4.78, 5) is 33.9. The quantitative estimate of drug-likeness (QED) is 0.134. The summed E-state index contributed by atoms with van der Waals surface area (Å²) in [5, 5.41) is 7.92. The third-order valence-electron chi connectivity index (χ3n) is 6.60.